The van der Waals surface area contributed by atoms with Crippen LogP contribution in [0.15, 0.2) is 41.5 Å². The van der Waals surface area contributed by atoms with Crippen LogP contribution in [-0.4, -0.2) is 22.6 Å². The maximum Gasteiger partial charge on any atom is 0.275 e. The Kier molecular flexibility index (Phi) is 6.60. The Morgan fingerprint density at radius 2 is 1.88 bits per heavy atom. The van der Waals surface area contributed by atoms with Crippen molar-refractivity contribution in [3.05, 3.63) is 57.6 Å². The van der Waals surface area contributed by atoms with E-state index < -0.39 is 5.91 Å². The molecule has 136 valence electrons. The van der Waals surface area contributed by atoms with Gasteiger partial charge in [-0.3, -0.25) is 9.59 Å². The second-order valence-corrected chi connectivity index (χ2v) is 6.43. The molecule has 0 saturated heterocycles. The van der Waals surface area contributed by atoms with E-state index in [2.05, 4.69) is 15.8 Å². The molecule has 2 aromatic rings. The van der Waals surface area contributed by atoms with E-state index in [4.69, 9.17) is 23.2 Å². The Balaban J connectivity index is 1.94. The Labute approximate surface area is 160 Å². The number of carbonyl (C=O) groups excluding carboxylic acids is 2. The molecule has 2 aromatic carbocycles. The first kappa shape index (κ1) is 19.8. The van der Waals surface area contributed by atoms with Crippen molar-refractivity contribution in [3.63, 3.8) is 0 Å². The van der Waals surface area contributed by atoms with Gasteiger partial charge in [-0.15, -0.1) is 0 Å². The molecule has 8 heteroatoms. The fourth-order valence-electron chi connectivity index (χ4n) is 2.10. The van der Waals surface area contributed by atoms with Crippen molar-refractivity contribution in [1.29, 1.82) is 0 Å². The molecule has 0 saturated carbocycles. The van der Waals surface area contributed by atoms with Gasteiger partial charge in [-0.05, 0) is 43.7 Å². The van der Waals surface area contributed by atoms with Gasteiger partial charge in [0, 0.05) is 11.4 Å². The summed E-state index contributed by atoms with van der Waals surface area (Å²) in [6.45, 7) is 3.29. The van der Waals surface area contributed by atoms with Gasteiger partial charge >= 0.3 is 0 Å². The van der Waals surface area contributed by atoms with Crippen LogP contribution < -0.4 is 10.7 Å². The van der Waals surface area contributed by atoms with E-state index in [0.717, 1.165) is 0 Å². The minimum absolute atomic E-state index is 0.0275. The average Bonchev–Trinajstić information content (AvgIpc) is 2.58. The lowest BCUT2D eigenvalue weighted by atomic mass is 10.1. The Bertz CT molecular complexity index is 882. The van der Waals surface area contributed by atoms with Gasteiger partial charge in [0.25, 0.3) is 5.91 Å². The third-order valence-corrected chi connectivity index (χ3v) is 4.19. The molecule has 2 amide bonds. The van der Waals surface area contributed by atoms with Crippen molar-refractivity contribution >= 4 is 46.4 Å². The molecular weight excluding hydrogens is 377 g/mol. The van der Waals surface area contributed by atoms with Crippen molar-refractivity contribution < 1.29 is 14.7 Å². The third kappa shape index (κ3) is 5.21. The summed E-state index contributed by atoms with van der Waals surface area (Å²) in [5, 5.41) is 17.2. The van der Waals surface area contributed by atoms with Crippen molar-refractivity contribution in [2.45, 2.75) is 20.3 Å². The number of benzene rings is 2. The van der Waals surface area contributed by atoms with E-state index in [1.165, 1.54) is 12.1 Å². The zero-order valence-corrected chi connectivity index (χ0v) is 15.6. The maximum atomic E-state index is 12.1. The van der Waals surface area contributed by atoms with Crippen LogP contribution in [0.4, 0.5) is 5.69 Å². The predicted octanol–water partition coefficient (Wildman–Crippen LogP) is 4.14. The van der Waals surface area contributed by atoms with Crippen LogP contribution in [0.3, 0.4) is 0 Å². The number of phenols is 1. The molecule has 0 aromatic heterocycles. The van der Waals surface area contributed by atoms with E-state index in [9.17, 15) is 14.7 Å². The summed E-state index contributed by atoms with van der Waals surface area (Å²) in [5.41, 5.74) is 3.92. The van der Waals surface area contributed by atoms with Crippen molar-refractivity contribution in [2.75, 3.05) is 5.32 Å². The van der Waals surface area contributed by atoms with Crippen LogP contribution in [0.1, 0.15) is 29.3 Å². The molecule has 0 aliphatic heterocycles. The standard InChI is InChI=1S/C18H17Cl2N3O3/c1-10-4-3-5-13(17(10)25)18(26)23-22-11(2)8-16(24)21-12-6-7-14(19)15(20)9-12/h3-7,9,25H,8H2,1-2H3,(H,21,24)(H,23,26)/b22-11-. The number of hydrogen-bond donors (Lipinski definition) is 3. The zero-order valence-electron chi connectivity index (χ0n) is 14.1. The summed E-state index contributed by atoms with van der Waals surface area (Å²) in [4.78, 5) is 24.1. The minimum Gasteiger partial charge on any atom is -0.507 e. The highest BCUT2D eigenvalue weighted by atomic mass is 35.5. The van der Waals surface area contributed by atoms with Gasteiger partial charge in [-0.1, -0.05) is 35.3 Å². The quantitative estimate of drug-likeness (QED) is 0.526. The molecule has 0 bridgehead atoms. The maximum absolute atomic E-state index is 12.1. The molecule has 0 unspecified atom stereocenters. The van der Waals surface area contributed by atoms with Gasteiger partial charge in [0.1, 0.15) is 5.75 Å². The number of amides is 2. The van der Waals surface area contributed by atoms with Crippen LogP contribution in [0.2, 0.25) is 10.0 Å². The molecule has 0 radical (unpaired) electrons. The number of anilines is 1. The van der Waals surface area contributed by atoms with Crippen LogP contribution >= 0.6 is 23.2 Å². The first-order valence-corrected chi connectivity index (χ1v) is 8.40. The number of phenolic OH excluding ortho intramolecular Hbond substituents is 1. The predicted molar refractivity (Wildman–Crippen MR) is 103 cm³/mol. The van der Waals surface area contributed by atoms with Gasteiger partial charge in [-0.25, -0.2) is 5.43 Å². The molecule has 0 aliphatic rings. The van der Waals surface area contributed by atoms with Crippen LogP contribution in [0.25, 0.3) is 0 Å². The van der Waals surface area contributed by atoms with Gasteiger partial charge in [0.05, 0.1) is 22.0 Å². The highest BCUT2D eigenvalue weighted by Crippen LogP contribution is 2.25. The van der Waals surface area contributed by atoms with E-state index in [0.29, 0.717) is 27.0 Å². The largest absolute Gasteiger partial charge is 0.507 e. The molecule has 0 spiro atoms. The molecule has 3 N–H and O–H groups in total. The molecular formula is C18H17Cl2N3O3. The van der Waals surface area contributed by atoms with E-state index in [1.807, 2.05) is 0 Å². The van der Waals surface area contributed by atoms with E-state index in [1.54, 1.807) is 38.1 Å². The second-order valence-electron chi connectivity index (χ2n) is 5.61. The first-order chi connectivity index (χ1) is 12.3. The Morgan fingerprint density at radius 1 is 1.15 bits per heavy atom. The number of nitrogens with zero attached hydrogens (tertiary/aromatic N) is 1. The second kappa shape index (κ2) is 8.69. The lowest BCUT2D eigenvalue weighted by molar-refractivity contribution is -0.115. The summed E-state index contributed by atoms with van der Waals surface area (Å²) in [6, 6.07) is 9.57. The highest BCUT2D eigenvalue weighted by molar-refractivity contribution is 6.42. The average molecular weight is 394 g/mol. The van der Waals surface area contributed by atoms with E-state index in [-0.39, 0.29) is 23.6 Å². The molecule has 6 nitrogen and oxygen atoms in total. The Hall–Kier alpha value is -2.57. The lowest BCUT2D eigenvalue weighted by Gasteiger charge is -2.07. The zero-order chi connectivity index (χ0) is 19.3. The van der Waals surface area contributed by atoms with Crippen molar-refractivity contribution in [2.24, 2.45) is 5.10 Å². The van der Waals surface area contributed by atoms with Gasteiger partial charge in [0.2, 0.25) is 5.91 Å². The molecule has 26 heavy (non-hydrogen) atoms. The highest BCUT2D eigenvalue weighted by Gasteiger charge is 2.12. The monoisotopic (exact) mass is 393 g/mol. The fraction of sp³-hybridized carbons (Fsp3) is 0.167. The van der Waals surface area contributed by atoms with Gasteiger partial charge < -0.3 is 10.4 Å². The summed E-state index contributed by atoms with van der Waals surface area (Å²) in [7, 11) is 0. The molecule has 0 atom stereocenters. The number of para-hydroxylation sites is 1. The summed E-state index contributed by atoms with van der Waals surface area (Å²) < 4.78 is 0. The SMILES string of the molecule is C/C(CC(=O)Nc1ccc(Cl)c(Cl)c1)=N/NC(=O)c1cccc(C)c1O. The summed E-state index contributed by atoms with van der Waals surface area (Å²) in [5.74, 6) is -0.983. The van der Waals surface area contributed by atoms with Crippen molar-refractivity contribution in [1.82, 2.24) is 5.43 Å². The number of rotatable bonds is 5. The Morgan fingerprint density at radius 3 is 2.58 bits per heavy atom. The van der Waals surface area contributed by atoms with Crippen LogP contribution in [0, 0.1) is 6.92 Å². The molecule has 0 aliphatic carbocycles. The topological polar surface area (TPSA) is 90.8 Å². The number of aryl methyl sites for hydroxylation is 1. The van der Waals surface area contributed by atoms with Crippen molar-refractivity contribution in [3.8, 4) is 5.75 Å². The molecule has 2 rings (SSSR count). The van der Waals surface area contributed by atoms with Gasteiger partial charge in [0.15, 0.2) is 0 Å². The smallest absolute Gasteiger partial charge is 0.275 e. The minimum atomic E-state index is -0.560. The fourth-order valence-corrected chi connectivity index (χ4v) is 2.40. The summed E-state index contributed by atoms with van der Waals surface area (Å²) >= 11 is 11.7. The number of carbonyl (C=O) groups is 2. The summed E-state index contributed by atoms with van der Waals surface area (Å²) in [6.07, 6.45) is -0.0275. The number of hydrazone groups is 1. The van der Waals surface area contributed by atoms with Crippen LogP contribution in [-0.2, 0) is 4.79 Å². The van der Waals surface area contributed by atoms with E-state index >= 15 is 0 Å². The van der Waals surface area contributed by atoms with Crippen LogP contribution in [0.5, 0.6) is 5.75 Å². The third-order valence-electron chi connectivity index (χ3n) is 3.45. The first-order valence-electron chi connectivity index (χ1n) is 7.65. The lowest BCUT2D eigenvalue weighted by Crippen LogP contribution is -2.21. The molecule has 0 fully saturated rings. The number of nitrogens with one attached hydrogen (secondary N) is 2. The number of hydrogen-bond acceptors (Lipinski definition) is 4. The van der Waals surface area contributed by atoms with Gasteiger partial charge in [-0.2, -0.15) is 5.10 Å². The molecule has 0 heterocycles. The number of aromatic hydroxyl groups is 1. The number of halogens is 2. The normalized spacial score (nSPS) is 11.2.